The average Bonchev–Trinajstić information content (AvgIpc) is 2.76. The zero-order valence-electron chi connectivity index (χ0n) is 9.35. The van der Waals surface area contributed by atoms with Gasteiger partial charge in [-0.05, 0) is 39.7 Å². The lowest BCUT2D eigenvalue weighted by Gasteiger charge is -1.98. The number of rotatable bonds is 2. The van der Waals surface area contributed by atoms with E-state index in [0.29, 0.717) is 17.8 Å². The molecule has 18 heavy (non-hydrogen) atoms. The van der Waals surface area contributed by atoms with E-state index in [0.717, 1.165) is 10.3 Å². The molecular formula is C13H9BrFN3. The smallest absolute Gasteiger partial charge is 0.156 e. The van der Waals surface area contributed by atoms with Gasteiger partial charge in [0.05, 0.1) is 0 Å². The summed E-state index contributed by atoms with van der Waals surface area (Å²) in [4.78, 5) is 4.37. The van der Waals surface area contributed by atoms with Crippen molar-refractivity contribution in [1.82, 2.24) is 14.6 Å². The molecule has 3 aromatic rings. The Labute approximate surface area is 111 Å². The van der Waals surface area contributed by atoms with Gasteiger partial charge in [-0.3, -0.25) is 0 Å². The maximum atomic E-state index is 13.5. The van der Waals surface area contributed by atoms with Crippen LogP contribution in [0.2, 0.25) is 0 Å². The van der Waals surface area contributed by atoms with Gasteiger partial charge < -0.3 is 0 Å². The molecule has 0 aliphatic heterocycles. The van der Waals surface area contributed by atoms with Crippen molar-refractivity contribution < 1.29 is 4.39 Å². The van der Waals surface area contributed by atoms with Crippen molar-refractivity contribution in [3.63, 3.8) is 0 Å². The van der Waals surface area contributed by atoms with Gasteiger partial charge >= 0.3 is 0 Å². The molecule has 0 amide bonds. The maximum Gasteiger partial charge on any atom is 0.156 e. The van der Waals surface area contributed by atoms with Crippen molar-refractivity contribution in [3.05, 3.63) is 64.3 Å². The SMILES string of the molecule is Fc1ccccc1Cc1nc2cccc(Br)n2n1. The van der Waals surface area contributed by atoms with E-state index in [9.17, 15) is 4.39 Å². The van der Waals surface area contributed by atoms with Crippen LogP contribution in [0, 0.1) is 5.82 Å². The Morgan fingerprint density at radius 3 is 2.72 bits per heavy atom. The van der Waals surface area contributed by atoms with E-state index in [1.54, 1.807) is 16.6 Å². The van der Waals surface area contributed by atoms with Crippen LogP contribution in [-0.2, 0) is 6.42 Å². The molecule has 0 bridgehead atoms. The van der Waals surface area contributed by atoms with E-state index >= 15 is 0 Å². The number of fused-ring (bicyclic) bond motifs is 1. The molecule has 0 aliphatic rings. The first-order chi connectivity index (χ1) is 8.74. The number of pyridine rings is 1. The van der Waals surface area contributed by atoms with Crippen LogP contribution in [0.25, 0.3) is 5.65 Å². The van der Waals surface area contributed by atoms with Crippen LogP contribution >= 0.6 is 15.9 Å². The van der Waals surface area contributed by atoms with Crippen LogP contribution in [0.4, 0.5) is 4.39 Å². The van der Waals surface area contributed by atoms with Gasteiger partial charge in [-0.25, -0.2) is 13.9 Å². The van der Waals surface area contributed by atoms with E-state index in [1.807, 2.05) is 24.3 Å². The molecule has 3 rings (SSSR count). The Kier molecular flexibility index (Phi) is 2.83. The summed E-state index contributed by atoms with van der Waals surface area (Å²) < 4.78 is 16.1. The van der Waals surface area contributed by atoms with Gasteiger partial charge in [0.25, 0.3) is 0 Å². The molecular weight excluding hydrogens is 297 g/mol. The highest BCUT2D eigenvalue weighted by Crippen LogP contribution is 2.15. The Morgan fingerprint density at radius 1 is 1.11 bits per heavy atom. The monoisotopic (exact) mass is 305 g/mol. The first kappa shape index (κ1) is 11.3. The standard InChI is InChI=1S/C13H9BrFN3/c14-11-6-3-7-13-16-12(17-18(11)13)8-9-4-1-2-5-10(9)15/h1-7H,8H2. The molecule has 0 N–H and O–H groups in total. The average molecular weight is 306 g/mol. The molecule has 0 unspecified atom stereocenters. The zero-order valence-corrected chi connectivity index (χ0v) is 10.9. The second kappa shape index (κ2) is 4.49. The Hall–Kier alpha value is -1.75. The van der Waals surface area contributed by atoms with Gasteiger partial charge in [-0.15, -0.1) is 5.10 Å². The van der Waals surface area contributed by atoms with Crippen LogP contribution in [0.3, 0.4) is 0 Å². The fourth-order valence-corrected chi connectivity index (χ4v) is 2.22. The number of hydrogen-bond acceptors (Lipinski definition) is 2. The molecule has 0 saturated heterocycles. The van der Waals surface area contributed by atoms with E-state index in [1.165, 1.54) is 6.07 Å². The largest absolute Gasteiger partial charge is 0.212 e. The summed E-state index contributed by atoms with van der Waals surface area (Å²) in [6.45, 7) is 0. The molecule has 0 spiro atoms. The molecule has 0 fully saturated rings. The minimum atomic E-state index is -0.226. The first-order valence-electron chi connectivity index (χ1n) is 5.47. The molecule has 0 atom stereocenters. The first-order valence-corrected chi connectivity index (χ1v) is 6.27. The maximum absolute atomic E-state index is 13.5. The summed E-state index contributed by atoms with van der Waals surface area (Å²) in [5, 5.41) is 4.34. The van der Waals surface area contributed by atoms with Gasteiger partial charge in [-0.2, -0.15) is 0 Å². The zero-order chi connectivity index (χ0) is 12.5. The molecule has 5 heteroatoms. The predicted molar refractivity (Wildman–Crippen MR) is 69.9 cm³/mol. The molecule has 1 aromatic carbocycles. The minimum Gasteiger partial charge on any atom is -0.212 e. The van der Waals surface area contributed by atoms with Gasteiger partial charge in [0.1, 0.15) is 10.4 Å². The van der Waals surface area contributed by atoms with Gasteiger partial charge in [0, 0.05) is 6.42 Å². The highest BCUT2D eigenvalue weighted by atomic mass is 79.9. The van der Waals surface area contributed by atoms with E-state index in [2.05, 4.69) is 26.0 Å². The van der Waals surface area contributed by atoms with Crippen molar-refractivity contribution in [3.8, 4) is 0 Å². The van der Waals surface area contributed by atoms with Crippen LogP contribution in [-0.4, -0.2) is 14.6 Å². The van der Waals surface area contributed by atoms with E-state index < -0.39 is 0 Å². The third kappa shape index (κ3) is 2.01. The lowest BCUT2D eigenvalue weighted by atomic mass is 10.1. The lowest BCUT2D eigenvalue weighted by Crippen LogP contribution is -1.95. The molecule has 90 valence electrons. The summed E-state index contributed by atoms with van der Waals surface area (Å²) >= 11 is 3.40. The third-order valence-electron chi connectivity index (χ3n) is 2.66. The van der Waals surface area contributed by atoms with Crippen LogP contribution < -0.4 is 0 Å². The summed E-state index contributed by atoms with van der Waals surface area (Å²) in [5.41, 5.74) is 1.35. The van der Waals surface area contributed by atoms with Gasteiger partial charge in [0.2, 0.25) is 0 Å². The minimum absolute atomic E-state index is 0.226. The number of benzene rings is 1. The van der Waals surface area contributed by atoms with Gasteiger partial charge in [-0.1, -0.05) is 24.3 Å². The topological polar surface area (TPSA) is 30.2 Å². The molecule has 0 saturated carbocycles. The van der Waals surface area contributed by atoms with Crippen molar-refractivity contribution in [2.75, 3.05) is 0 Å². The highest BCUT2D eigenvalue weighted by Gasteiger charge is 2.08. The molecule has 3 nitrogen and oxygen atoms in total. The van der Waals surface area contributed by atoms with Crippen molar-refractivity contribution in [2.45, 2.75) is 6.42 Å². The number of nitrogens with zero attached hydrogens (tertiary/aromatic N) is 3. The highest BCUT2D eigenvalue weighted by molar-refractivity contribution is 9.10. The Balaban J connectivity index is 2.01. The molecule has 0 aliphatic carbocycles. The predicted octanol–water partition coefficient (Wildman–Crippen LogP) is 3.22. The van der Waals surface area contributed by atoms with E-state index in [4.69, 9.17) is 0 Å². The number of hydrogen-bond donors (Lipinski definition) is 0. The summed E-state index contributed by atoms with van der Waals surface area (Å²) in [6, 6.07) is 12.3. The lowest BCUT2D eigenvalue weighted by molar-refractivity contribution is 0.612. The fraction of sp³-hybridized carbons (Fsp3) is 0.0769. The van der Waals surface area contributed by atoms with Gasteiger partial charge in [0.15, 0.2) is 11.5 Å². The van der Waals surface area contributed by atoms with Crippen LogP contribution in [0.15, 0.2) is 47.1 Å². The summed E-state index contributed by atoms with van der Waals surface area (Å²) in [6.07, 6.45) is 0.390. The second-order valence-electron chi connectivity index (χ2n) is 3.91. The number of aromatic nitrogens is 3. The van der Waals surface area contributed by atoms with E-state index in [-0.39, 0.29) is 5.82 Å². The summed E-state index contributed by atoms with van der Waals surface area (Å²) in [5.74, 6) is 0.377. The normalized spacial score (nSPS) is 11.0. The summed E-state index contributed by atoms with van der Waals surface area (Å²) in [7, 11) is 0. The molecule has 2 heterocycles. The van der Waals surface area contributed by atoms with Crippen molar-refractivity contribution in [1.29, 1.82) is 0 Å². The number of halogens is 2. The fourth-order valence-electron chi connectivity index (χ4n) is 1.80. The van der Waals surface area contributed by atoms with Crippen molar-refractivity contribution in [2.24, 2.45) is 0 Å². The quantitative estimate of drug-likeness (QED) is 0.681. The second-order valence-corrected chi connectivity index (χ2v) is 4.73. The third-order valence-corrected chi connectivity index (χ3v) is 3.26. The van der Waals surface area contributed by atoms with Crippen LogP contribution in [0.5, 0.6) is 0 Å². The van der Waals surface area contributed by atoms with Crippen LogP contribution in [0.1, 0.15) is 11.4 Å². The Morgan fingerprint density at radius 2 is 1.94 bits per heavy atom. The molecule has 0 radical (unpaired) electrons. The van der Waals surface area contributed by atoms with Crippen molar-refractivity contribution >= 4 is 21.6 Å². The Bertz CT molecular complexity index is 708. The molecule has 2 aromatic heterocycles.